The van der Waals surface area contributed by atoms with E-state index < -0.39 is 0 Å². The van der Waals surface area contributed by atoms with Crippen molar-refractivity contribution < 1.29 is 4.79 Å². The minimum Gasteiger partial charge on any atom is -0.354 e. The normalized spacial score (nSPS) is 15.4. The molecule has 2 aromatic rings. The van der Waals surface area contributed by atoms with Gasteiger partial charge in [-0.15, -0.1) is 0 Å². The second-order valence-corrected chi connectivity index (χ2v) is 6.82. The molecule has 1 saturated heterocycles. The molecule has 2 heterocycles. The molecule has 126 valence electrons. The molecule has 1 amide bonds. The summed E-state index contributed by atoms with van der Waals surface area (Å²) in [4.78, 5) is 25.3. The quantitative estimate of drug-likeness (QED) is 0.873. The fraction of sp³-hybridized carbons (Fsp3) is 0.353. The number of hydrogen-bond acceptors (Lipinski definition) is 5. The first-order valence-electron chi connectivity index (χ1n) is 7.86. The van der Waals surface area contributed by atoms with E-state index in [9.17, 15) is 4.79 Å². The van der Waals surface area contributed by atoms with Gasteiger partial charge in [0.25, 0.3) is 5.91 Å². The number of aryl methyl sites for hydroxylation is 1. The van der Waals surface area contributed by atoms with Crippen molar-refractivity contribution in [2.45, 2.75) is 6.92 Å². The van der Waals surface area contributed by atoms with Gasteiger partial charge in [0, 0.05) is 42.4 Å². The van der Waals surface area contributed by atoms with Crippen LogP contribution in [-0.2, 0) is 0 Å². The summed E-state index contributed by atoms with van der Waals surface area (Å²) in [5.41, 5.74) is 2.22. The van der Waals surface area contributed by atoms with Crippen LogP contribution in [0, 0.1) is 6.92 Å². The summed E-state index contributed by atoms with van der Waals surface area (Å²) in [5.74, 6) is 0.567. The molecule has 24 heavy (non-hydrogen) atoms. The van der Waals surface area contributed by atoms with E-state index >= 15 is 0 Å². The van der Waals surface area contributed by atoms with Crippen LogP contribution in [0.25, 0.3) is 0 Å². The molecule has 0 aliphatic carbocycles. The summed E-state index contributed by atoms with van der Waals surface area (Å²) in [6.45, 7) is 5.78. The van der Waals surface area contributed by atoms with Gasteiger partial charge in [-0.1, -0.05) is 22.0 Å². The molecule has 3 rings (SSSR count). The lowest BCUT2D eigenvalue weighted by atomic mass is 10.2. The molecular formula is C17H20BrN5O. The lowest BCUT2D eigenvalue weighted by molar-refractivity contribution is 0.102. The van der Waals surface area contributed by atoms with Gasteiger partial charge in [-0.2, -0.15) is 0 Å². The molecule has 0 unspecified atom stereocenters. The summed E-state index contributed by atoms with van der Waals surface area (Å²) >= 11 is 3.47. The van der Waals surface area contributed by atoms with Crippen LogP contribution in [0.4, 0.5) is 11.5 Å². The molecule has 0 spiro atoms. The fourth-order valence-corrected chi connectivity index (χ4v) is 2.92. The Morgan fingerprint density at radius 3 is 2.62 bits per heavy atom. The maximum Gasteiger partial charge on any atom is 0.274 e. The number of nitrogens with zero attached hydrogens (tertiary/aromatic N) is 4. The van der Waals surface area contributed by atoms with Gasteiger partial charge in [0.2, 0.25) is 0 Å². The number of hydrogen-bond donors (Lipinski definition) is 1. The highest BCUT2D eigenvalue weighted by Crippen LogP contribution is 2.21. The fourth-order valence-electron chi connectivity index (χ4n) is 2.55. The maximum absolute atomic E-state index is 12.5. The Balaban J connectivity index is 1.73. The molecule has 1 aromatic carbocycles. The first kappa shape index (κ1) is 16.9. The maximum atomic E-state index is 12.5. The second kappa shape index (κ2) is 7.27. The van der Waals surface area contributed by atoms with Crippen LogP contribution in [-0.4, -0.2) is 54.0 Å². The number of likely N-dealkylation sites (N-methyl/N-ethyl adjacent to an activating group) is 1. The summed E-state index contributed by atoms with van der Waals surface area (Å²) in [5, 5.41) is 2.88. The summed E-state index contributed by atoms with van der Waals surface area (Å²) in [6.07, 6.45) is 1.45. The van der Waals surface area contributed by atoms with Crippen molar-refractivity contribution in [2.24, 2.45) is 0 Å². The van der Waals surface area contributed by atoms with Crippen molar-refractivity contribution in [3.8, 4) is 0 Å². The molecular weight excluding hydrogens is 370 g/mol. The van der Waals surface area contributed by atoms with E-state index in [0.717, 1.165) is 47.7 Å². The van der Waals surface area contributed by atoms with Crippen molar-refractivity contribution in [3.63, 3.8) is 0 Å². The summed E-state index contributed by atoms with van der Waals surface area (Å²) in [7, 11) is 2.11. The van der Waals surface area contributed by atoms with Crippen molar-refractivity contribution >= 4 is 33.3 Å². The van der Waals surface area contributed by atoms with Crippen LogP contribution in [0.2, 0.25) is 0 Å². The lowest BCUT2D eigenvalue weighted by Gasteiger charge is -2.33. The highest BCUT2D eigenvalue weighted by molar-refractivity contribution is 9.10. The SMILES string of the molecule is Cc1ccc(NC(=O)c2cc(N3CCN(C)CC3)ncn2)cc1Br. The number of benzene rings is 1. The van der Waals surface area contributed by atoms with Gasteiger partial charge in [-0.05, 0) is 31.7 Å². The Bertz CT molecular complexity index is 744. The third-order valence-corrected chi connectivity index (χ3v) is 5.00. The molecule has 0 bridgehead atoms. The van der Waals surface area contributed by atoms with Crippen LogP contribution in [0.1, 0.15) is 16.1 Å². The van der Waals surface area contributed by atoms with Crippen molar-refractivity contribution in [2.75, 3.05) is 43.4 Å². The van der Waals surface area contributed by atoms with Crippen LogP contribution >= 0.6 is 15.9 Å². The molecule has 1 aromatic heterocycles. The van der Waals surface area contributed by atoms with Gasteiger partial charge in [0.15, 0.2) is 0 Å². The highest BCUT2D eigenvalue weighted by atomic mass is 79.9. The topological polar surface area (TPSA) is 61.4 Å². The smallest absolute Gasteiger partial charge is 0.274 e. The Kier molecular flexibility index (Phi) is 5.11. The Morgan fingerprint density at radius 2 is 1.92 bits per heavy atom. The van der Waals surface area contributed by atoms with E-state index in [1.54, 1.807) is 6.07 Å². The standard InChI is InChI=1S/C17H20BrN5O/c1-12-3-4-13(9-14(12)18)21-17(24)15-10-16(20-11-19-15)23-7-5-22(2)6-8-23/h3-4,9-11H,5-8H2,1-2H3,(H,21,24). The van der Waals surface area contributed by atoms with E-state index in [-0.39, 0.29) is 5.91 Å². The van der Waals surface area contributed by atoms with Gasteiger partial charge in [-0.3, -0.25) is 4.79 Å². The number of nitrogens with one attached hydrogen (secondary N) is 1. The lowest BCUT2D eigenvalue weighted by Crippen LogP contribution is -2.44. The molecule has 7 heteroatoms. The summed E-state index contributed by atoms with van der Waals surface area (Å²) < 4.78 is 0.959. The van der Waals surface area contributed by atoms with Gasteiger partial charge in [0.05, 0.1) is 0 Å². The second-order valence-electron chi connectivity index (χ2n) is 5.97. The molecule has 1 fully saturated rings. The number of halogens is 1. The number of amides is 1. The van der Waals surface area contributed by atoms with E-state index in [1.807, 2.05) is 25.1 Å². The number of rotatable bonds is 3. The number of anilines is 2. The third-order valence-electron chi connectivity index (χ3n) is 4.14. The molecule has 1 N–H and O–H groups in total. The first-order chi connectivity index (χ1) is 11.5. The largest absolute Gasteiger partial charge is 0.354 e. The van der Waals surface area contributed by atoms with Crippen LogP contribution < -0.4 is 10.2 Å². The number of piperazine rings is 1. The minimum absolute atomic E-state index is 0.233. The predicted molar refractivity (Wildman–Crippen MR) is 98.6 cm³/mol. The van der Waals surface area contributed by atoms with Gasteiger partial charge in [-0.25, -0.2) is 9.97 Å². The molecule has 0 saturated carbocycles. The summed E-state index contributed by atoms with van der Waals surface area (Å²) in [6, 6.07) is 7.47. The molecule has 0 radical (unpaired) electrons. The molecule has 0 atom stereocenters. The molecule has 6 nitrogen and oxygen atoms in total. The average Bonchev–Trinajstić information content (AvgIpc) is 2.59. The molecule has 1 aliphatic rings. The Labute approximate surface area is 150 Å². The van der Waals surface area contributed by atoms with Crippen LogP contribution in [0.15, 0.2) is 35.1 Å². The zero-order valence-electron chi connectivity index (χ0n) is 13.8. The van der Waals surface area contributed by atoms with E-state index in [1.165, 1.54) is 6.33 Å². The van der Waals surface area contributed by atoms with E-state index in [4.69, 9.17) is 0 Å². The minimum atomic E-state index is -0.233. The van der Waals surface area contributed by atoms with Crippen LogP contribution in [0.3, 0.4) is 0 Å². The van der Waals surface area contributed by atoms with Crippen molar-refractivity contribution in [3.05, 3.63) is 46.3 Å². The van der Waals surface area contributed by atoms with Gasteiger partial charge in [0.1, 0.15) is 17.8 Å². The number of carbonyl (C=O) groups is 1. The third kappa shape index (κ3) is 3.91. The van der Waals surface area contributed by atoms with Gasteiger partial charge >= 0.3 is 0 Å². The zero-order valence-corrected chi connectivity index (χ0v) is 15.4. The first-order valence-corrected chi connectivity index (χ1v) is 8.65. The number of aromatic nitrogens is 2. The highest BCUT2D eigenvalue weighted by Gasteiger charge is 2.17. The van der Waals surface area contributed by atoms with E-state index in [2.05, 4.69) is 48.1 Å². The van der Waals surface area contributed by atoms with Crippen molar-refractivity contribution in [1.82, 2.24) is 14.9 Å². The monoisotopic (exact) mass is 389 g/mol. The Hall–Kier alpha value is -1.99. The average molecular weight is 390 g/mol. The zero-order chi connectivity index (χ0) is 17.1. The predicted octanol–water partition coefficient (Wildman–Crippen LogP) is 2.55. The van der Waals surface area contributed by atoms with Crippen molar-refractivity contribution in [1.29, 1.82) is 0 Å². The molecule has 1 aliphatic heterocycles. The Morgan fingerprint density at radius 1 is 1.17 bits per heavy atom. The van der Waals surface area contributed by atoms with Gasteiger partial charge < -0.3 is 15.1 Å². The van der Waals surface area contributed by atoms with Crippen LogP contribution in [0.5, 0.6) is 0 Å². The number of carbonyl (C=O) groups excluding carboxylic acids is 1. The van der Waals surface area contributed by atoms with E-state index in [0.29, 0.717) is 5.69 Å².